The van der Waals surface area contributed by atoms with Crippen LogP contribution in [0, 0.1) is 6.92 Å². The van der Waals surface area contributed by atoms with Crippen molar-refractivity contribution in [3.8, 4) is 0 Å². The van der Waals surface area contributed by atoms with Crippen molar-refractivity contribution >= 4 is 11.6 Å². The summed E-state index contributed by atoms with van der Waals surface area (Å²) in [6, 6.07) is 7.87. The summed E-state index contributed by atoms with van der Waals surface area (Å²) in [4.78, 5) is 18.3. The molecule has 1 aliphatic heterocycles. The summed E-state index contributed by atoms with van der Waals surface area (Å²) in [5.41, 5.74) is 2.00. The molecule has 0 radical (unpaired) electrons. The van der Waals surface area contributed by atoms with Crippen LogP contribution in [0.2, 0.25) is 0 Å². The van der Waals surface area contributed by atoms with Gasteiger partial charge in [-0.1, -0.05) is 17.3 Å². The SMILES string of the molecule is Cc1noc([C@H](C)Nc2ccc(CC(=O)N3CCCC3)cc2)n1. The van der Waals surface area contributed by atoms with Gasteiger partial charge in [0.2, 0.25) is 11.8 Å². The summed E-state index contributed by atoms with van der Waals surface area (Å²) >= 11 is 0. The van der Waals surface area contributed by atoms with Crippen molar-refractivity contribution in [1.82, 2.24) is 15.0 Å². The number of aryl methyl sites for hydroxylation is 1. The van der Waals surface area contributed by atoms with E-state index in [2.05, 4.69) is 15.5 Å². The summed E-state index contributed by atoms with van der Waals surface area (Å²) < 4.78 is 5.16. The number of anilines is 1. The van der Waals surface area contributed by atoms with Crippen molar-refractivity contribution in [2.45, 2.75) is 39.2 Å². The lowest BCUT2D eigenvalue weighted by molar-refractivity contribution is -0.129. The van der Waals surface area contributed by atoms with Gasteiger partial charge < -0.3 is 14.7 Å². The molecule has 1 amide bonds. The first-order valence-corrected chi connectivity index (χ1v) is 8.05. The Hall–Kier alpha value is -2.37. The monoisotopic (exact) mass is 314 g/mol. The Labute approximate surface area is 135 Å². The van der Waals surface area contributed by atoms with Gasteiger partial charge in [-0.25, -0.2) is 0 Å². The molecule has 1 aliphatic rings. The Morgan fingerprint density at radius 1 is 1.30 bits per heavy atom. The average Bonchev–Trinajstić information content (AvgIpc) is 3.20. The van der Waals surface area contributed by atoms with Crippen molar-refractivity contribution in [3.05, 3.63) is 41.5 Å². The molecule has 2 aromatic rings. The molecule has 23 heavy (non-hydrogen) atoms. The quantitative estimate of drug-likeness (QED) is 0.919. The molecule has 3 rings (SSSR count). The summed E-state index contributed by atoms with van der Waals surface area (Å²) in [7, 11) is 0. The van der Waals surface area contributed by atoms with Crippen molar-refractivity contribution in [3.63, 3.8) is 0 Å². The van der Waals surface area contributed by atoms with Crippen LogP contribution < -0.4 is 5.32 Å². The lowest BCUT2D eigenvalue weighted by Gasteiger charge is -2.15. The first kappa shape index (κ1) is 15.5. The van der Waals surface area contributed by atoms with Gasteiger partial charge in [-0.3, -0.25) is 4.79 Å². The molecular formula is C17H22N4O2. The molecule has 1 aromatic heterocycles. The Bertz CT molecular complexity index is 659. The maximum atomic E-state index is 12.1. The second kappa shape index (κ2) is 6.81. The number of aromatic nitrogens is 2. The van der Waals surface area contributed by atoms with Crippen LogP contribution in [0.25, 0.3) is 0 Å². The van der Waals surface area contributed by atoms with E-state index in [1.165, 1.54) is 0 Å². The number of benzene rings is 1. The molecule has 1 N–H and O–H groups in total. The van der Waals surface area contributed by atoms with Gasteiger partial charge in [0.1, 0.15) is 6.04 Å². The van der Waals surface area contributed by atoms with Crippen LogP contribution in [0.4, 0.5) is 5.69 Å². The third kappa shape index (κ3) is 3.88. The second-order valence-electron chi connectivity index (χ2n) is 6.01. The van der Waals surface area contributed by atoms with E-state index < -0.39 is 0 Å². The molecule has 0 aliphatic carbocycles. The van der Waals surface area contributed by atoms with Crippen molar-refractivity contribution in [2.24, 2.45) is 0 Å². The molecule has 6 nitrogen and oxygen atoms in total. The van der Waals surface area contributed by atoms with Gasteiger partial charge in [0, 0.05) is 18.8 Å². The first-order chi connectivity index (χ1) is 11.1. The molecule has 122 valence electrons. The lowest BCUT2D eigenvalue weighted by atomic mass is 10.1. The van der Waals surface area contributed by atoms with E-state index >= 15 is 0 Å². The number of amides is 1. The minimum absolute atomic E-state index is 0.0618. The Balaban J connectivity index is 1.57. The zero-order chi connectivity index (χ0) is 16.2. The molecule has 1 aromatic carbocycles. The zero-order valence-corrected chi connectivity index (χ0v) is 13.6. The number of nitrogens with one attached hydrogen (secondary N) is 1. The number of rotatable bonds is 5. The van der Waals surface area contributed by atoms with E-state index in [1.807, 2.05) is 36.1 Å². The second-order valence-corrected chi connectivity index (χ2v) is 6.01. The Morgan fingerprint density at radius 3 is 2.61 bits per heavy atom. The third-order valence-electron chi connectivity index (χ3n) is 4.06. The van der Waals surface area contributed by atoms with Gasteiger partial charge in [-0.05, 0) is 44.4 Å². The predicted molar refractivity (Wildman–Crippen MR) is 87.0 cm³/mol. The molecule has 0 saturated carbocycles. The van der Waals surface area contributed by atoms with Crippen molar-refractivity contribution in [1.29, 1.82) is 0 Å². The zero-order valence-electron chi connectivity index (χ0n) is 13.6. The highest BCUT2D eigenvalue weighted by Gasteiger charge is 2.18. The summed E-state index contributed by atoms with van der Waals surface area (Å²) in [6.45, 7) is 5.57. The minimum Gasteiger partial charge on any atom is -0.374 e. The highest BCUT2D eigenvalue weighted by Crippen LogP contribution is 2.19. The highest BCUT2D eigenvalue weighted by atomic mass is 16.5. The lowest BCUT2D eigenvalue weighted by Crippen LogP contribution is -2.29. The Morgan fingerprint density at radius 2 is 2.00 bits per heavy atom. The van der Waals surface area contributed by atoms with Crippen LogP contribution in [-0.2, 0) is 11.2 Å². The highest BCUT2D eigenvalue weighted by molar-refractivity contribution is 5.79. The van der Waals surface area contributed by atoms with Gasteiger partial charge in [-0.2, -0.15) is 4.98 Å². The van der Waals surface area contributed by atoms with E-state index in [0.717, 1.165) is 37.2 Å². The standard InChI is InChI=1S/C17H22N4O2/c1-12(17-19-13(2)20-23-17)18-15-7-5-14(6-8-15)11-16(22)21-9-3-4-10-21/h5-8,12,18H,3-4,9-11H2,1-2H3/t12-/m0/s1. The average molecular weight is 314 g/mol. The van der Waals surface area contributed by atoms with E-state index in [9.17, 15) is 4.79 Å². The van der Waals surface area contributed by atoms with E-state index in [0.29, 0.717) is 18.1 Å². The van der Waals surface area contributed by atoms with Crippen LogP contribution in [0.1, 0.15) is 43.1 Å². The van der Waals surface area contributed by atoms with E-state index in [1.54, 1.807) is 6.92 Å². The molecule has 0 spiro atoms. The smallest absolute Gasteiger partial charge is 0.248 e. The van der Waals surface area contributed by atoms with Crippen LogP contribution in [0.3, 0.4) is 0 Å². The topological polar surface area (TPSA) is 71.3 Å². The minimum atomic E-state index is -0.0618. The van der Waals surface area contributed by atoms with E-state index in [-0.39, 0.29) is 11.9 Å². The van der Waals surface area contributed by atoms with Gasteiger partial charge in [-0.15, -0.1) is 0 Å². The van der Waals surface area contributed by atoms with Gasteiger partial charge >= 0.3 is 0 Å². The maximum absolute atomic E-state index is 12.1. The van der Waals surface area contributed by atoms with Gasteiger partial charge in [0.25, 0.3) is 0 Å². The molecule has 1 fully saturated rings. The fourth-order valence-corrected chi connectivity index (χ4v) is 2.77. The molecule has 1 atom stereocenters. The van der Waals surface area contributed by atoms with Crippen LogP contribution in [0.5, 0.6) is 0 Å². The number of carbonyl (C=O) groups is 1. The summed E-state index contributed by atoms with van der Waals surface area (Å²) in [6.07, 6.45) is 2.72. The molecule has 1 saturated heterocycles. The number of hydrogen-bond acceptors (Lipinski definition) is 5. The molecule has 0 bridgehead atoms. The molecular weight excluding hydrogens is 292 g/mol. The fraction of sp³-hybridized carbons (Fsp3) is 0.471. The molecule has 0 unspecified atom stereocenters. The first-order valence-electron chi connectivity index (χ1n) is 8.05. The predicted octanol–water partition coefficient (Wildman–Crippen LogP) is 2.72. The maximum Gasteiger partial charge on any atom is 0.248 e. The van der Waals surface area contributed by atoms with Gasteiger partial charge in [0.05, 0.1) is 6.42 Å². The summed E-state index contributed by atoms with van der Waals surface area (Å²) in [5.74, 6) is 1.41. The number of nitrogens with zero attached hydrogens (tertiary/aromatic N) is 3. The van der Waals surface area contributed by atoms with Crippen LogP contribution in [0.15, 0.2) is 28.8 Å². The van der Waals surface area contributed by atoms with Crippen LogP contribution >= 0.6 is 0 Å². The Kier molecular flexibility index (Phi) is 4.60. The normalized spacial score (nSPS) is 15.7. The van der Waals surface area contributed by atoms with Gasteiger partial charge in [0.15, 0.2) is 5.82 Å². The number of hydrogen-bond donors (Lipinski definition) is 1. The largest absolute Gasteiger partial charge is 0.374 e. The number of likely N-dealkylation sites (tertiary alicyclic amines) is 1. The van der Waals surface area contributed by atoms with E-state index in [4.69, 9.17) is 4.52 Å². The van der Waals surface area contributed by atoms with Crippen molar-refractivity contribution in [2.75, 3.05) is 18.4 Å². The number of carbonyl (C=O) groups excluding carboxylic acids is 1. The van der Waals surface area contributed by atoms with Crippen molar-refractivity contribution < 1.29 is 9.32 Å². The third-order valence-corrected chi connectivity index (χ3v) is 4.06. The molecule has 2 heterocycles. The summed E-state index contributed by atoms with van der Waals surface area (Å²) in [5, 5.41) is 7.11. The van der Waals surface area contributed by atoms with Crippen LogP contribution in [-0.4, -0.2) is 34.0 Å². The molecule has 6 heteroatoms. The fourth-order valence-electron chi connectivity index (χ4n) is 2.77.